The standard InChI is InChI=1S/C12H16N2O2S4/c15-11-13(9(17)3-7-19-11)5-1-2-6-14-10(18)4-8-20-12(14)16/h1-8H2. The van der Waals surface area contributed by atoms with Crippen molar-refractivity contribution in [2.24, 2.45) is 0 Å². The predicted octanol–water partition coefficient (Wildman–Crippen LogP) is 3.54. The van der Waals surface area contributed by atoms with E-state index in [-0.39, 0.29) is 10.5 Å². The third-order valence-corrected chi connectivity index (χ3v) is 5.74. The molecule has 2 fully saturated rings. The molecule has 0 radical (unpaired) electrons. The first-order chi connectivity index (χ1) is 9.59. The highest BCUT2D eigenvalue weighted by atomic mass is 32.2. The van der Waals surface area contributed by atoms with E-state index in [1.165, 1.54) is 23.5 Å². The third-order valence-electron chi connectivity index (χ3n) is 3.14. The molecule has 0 aromatic heterocycles. The summed E-state index contributed by atoms with van der Waals surface area (Å²) in [5, 5.41) is 0.114. The molecule has 0 N–H and O–H groups in total. The molecule has 0 aliphatic carbocycles. The molecule has 0 saturated carbocycles. The topological polar surface area (TPSA) is 40.6 Å². The first-order valence-electron chi connectivity index (χ1n) is 6.54. The van der Waals surface area contributed by atoms with Gasteiger partial charge in [-0.25, -0.2) is 0 Å². The van der Waals surface area contributed by atoms with Crippen LogP contribution in [0.15, 0.2) is 0 Å². The Morgan fingerprint density at radius 3 is 1.60 bits per heavy atom. The molecule has 2 heterocycles. The zero-order chi connectivity index (χ0) is 14.5. The zero-order valence-electron chi connectivity index (χ0n) is 11.0. The van der Waals surface area contributed by atoms with E-state index in [0.717, 1.165) is 47.2 Å². The quantitative estimate of drug-likeness (QED) is 0.559. The zero-order valence-corrected chi connectivity index (χ0v) is 14.3. The lowest BCUT2D eigenvalue weighted by Crippen LogP contribution is -2.39. The van der Waals surface area contributed by atoms with Gasteiger partial charge in [-0.3, -0.25) is 19.4 Å². The normalized spacial score (nSPS) is 20.8. The lowest BCUT2D eigenvalue weighted by atomic mass is 10.2. The molecule has 2 rings (SSSR count). The van der Waals surface area contributed by atoms with Crippen LogP contribution in [-0.2, 0) is 0 Å². The highest BCUT2D eigenvalue weighted by Gasteiger charge is 2.25. The van der Waals surface area contributed by atoms with Gasteiger partial charge >= 0.3 is 0 Å². The number of hydrogen-bond donors (Lipinski definition) is 0. The summed E-state index contributed by atoms with van der Waals surface area (Å²) in [6.45, 7) is 1.29. The average Bonchev–Trinajstić information content (AvgIpc) is 2.40. The van der Waals surface area contributed by atoms with Gasteiger partial charge in [0.2, 0.25) is 0 Å². The minimum Gasteiger partial charge on any atom is -0.297 e. The lowest BCUT2D eigenvalue weighted by molar-refractivity contribution is 0.238. The van der Waals surface area contributed by atoms with Crippen molar-refractivity contribution < 1.29 is 9.59 Å². The Morgan fingerprint density at radius 2 is 1.25 bits per heavy atom. The smallest absolute Gasteiger partial charge is 0.286 e. The van der Waals surface area contributed by atoms with Gasteiger partial charge in [0.05, 0.1) is 9.98 Å². The number of rotatable bonds is 5. The van der Waals surface area contributed by atoms with Gasteiger partial charge in [-0.1, -0.05) is 48.0 Å². The highest BCUT2D eigenvalue weighted by molar-refractivity contribution is 8.14. The van der Waals surface area contributed by atoms with Gasteiger partial charge in [-0.2, -0.15) is 0 Å². The van der Waals surface area contributed by atoms with Crippen molar-refractivity contribution in [3.8, 4) is 0 Å². The first kappa shape index (κ1) is 16.2. The fraction of sp³-hybridized carbons (Fsp3) is 0.667. The summed E-state index contributed by atoms with van der Waals surface area (Å²) in [5.74, 6) is 1.59. The minimum atomic E-state index is 0.0568. The van der Waals surface area contributed by atoms with Gasteiger partial charge in [0.15, 0.2) is 0 Å². The maximum absolute atomic E-state index is 11.7. The first-order valence-corrected chi connectivity index (χ1v) is 9.32. The fourth-order valence-corrected chi connectivity index (χ4v) is 4.63. The molecular weight excluding hydrogens is 332 g/mol. The minimum absolute atomic E-state index is 0.0568. The van der Waals surface area contributed by atoms with Crippen LogP contribution in [0.25, 0.3) is 0 Å². The van der Waals surface area contributed by atoms with Crippen molar-refractivity contribution in [2.45, 2.75) is 25.7 Å². The number of carbonyl (C=O) groups excluding carboxylic acids is 2. The van der Waals surface area contributed by atoms with Crippen LogP contribution in [0.4, 0.5) is 9.59 Å². The molecular formula is C12H16N2O2S4. The summed E-state index contributed by atoms with van der Waals surface area (Å²) in [7, 11) is 0. The summed E-state index contributed by atoms with van der Waals surface area (Å²) in [6, 6.07) is 0. The van der Waals surface area contributed by atoms with Crippen LogP contribution in [0.2, 0.25) is 0 Å². The molecule has 20 heavy (non-hydrogen) atoms. The number of thiocarbonyl (C=S) groups is 2. The van der Waals surface area contributed by atoms with Gasteiger partial charge in [0, 0.05) is 37.4 Å². The molecule has 2 saturated heterocycles. The lowest BCUT2D eigenvalue weighted by Gasteiger charge is -2.28. The number of hydrogen-bond acceptors (Lipinski definition) is 6. The van der Waals surface area contributed by atoms with Crippen LogP contribution in [-0.4, -0.2) is 54.9 Å². The maximum atomic E-state index is 11.7. The second-order valence-corrected chi connectivity index (χ2v) is 7.56. The Labute approximate surface area is 138 Å². The largest absolute Gasteiger partial charge is 0.297 e. The van der Waals surface area contributed by atoms with Crippen LogP contribution < -0.4 is 0 Å². The van der Waals surface area contributed by atoms with Crippen molar-refractivity contribution in [1.29, 1.82) is 0 Å². The molecule has 0 aromatic rings. The fourth-order valence-electron chi connectivity index (χ4n) is 2.05. The number of thioether (sulfide) groups is 2. The van der Waals surface area contributed by atoms with Gasteiger partial charge < -0.3 is 0 Å². The Kier molecular flexibility index (Phi) is 6.25. The molecule has 0 spiro atoms. The van der Waals surface area contributed by atoms with Gasteiger partial charge in [-0.15, -0.1) is 0 Å². The molecule has 0 aromatic carbocycles. The van der Waals surface area contributed by atoms with Crippen molar-refractivity contribution >= 4 is 68.4 Å². The van der Waals surface area contributed by atoms with Crippen molar-refractivity contribution in [2.75, 3.05) is 24.6 Å². The summed E-state index contributed by atoms with van der Waals surface area (Å²) in [4.78, 5) is 28.3. The van der Waals surface area contributed by atoms with E-state index in [2.05, 4.69) is 0 Å². The van der Waals surface area contributed by atoms with E-state index in [1.54, 1.807) is 9.80 Å². The molecule has 110 valence electrons. The van der Waals surface area contributed by atoms with Crippen LogP contribution in [0.3, 0.4) is 0 Å². The number of unbranched alkanes of at least 4 members (excludes halogenated alkanes) is 1. The van der Waals surface area contributed by atoms with Crippen molar-refractivity contribution in [1.82, 2.24) is 9.80 Å². The van der Waals surface area contributed by atoms with E-state index in [0.29, 0.717) is 13.1 Å². The van der Waals surface area contributed by atoms with Crippen LogP contribution in [0.1, 0.15) is 25.7 Å². The Bertz CT molecular complexity index is 369. The molecule has 8 heteroatoms. The Morgan fingerprint density at radius 1 is 0.850 bits per heavy atom. The maximum Gasteiger partial charge on any atom is 0.286 e. The SMILES string of the molecule is O=C1SCCC(=S)N1CCCCN1C(=O)SCCC1=S. The summed E-state index contributed by atoms with van der Waals surface area (Å²) in [6.07, 6.45) is 3.28. The van der Waals surface area contributed by atoms with E-state index < -0.39 is 0 Å². The second kappa shape index (κ2) is 7.72. The Hall–Kier alpha value is -0.180. The third kappa shape index (κ3) is 4.16. The number of amides is 2. The van der Waals surface area contributed by atoms with Crippen LogP contribution >= 0.6 is 48.0 Å². The van der Waals surface area contributed by atoms with E-state index in [4.69, 9.17) is 24.4 Å². The van der Waals surface area contributed by atoms with Crippen molar-refractivity contribution in [3.63, 3.8) is 0 Å². The van der Waals surface area contributed by atoms with Gasteiger partial charge in [0.25, 0.3) is 10.5 Å². The van der Waals surface area contributed by atoms with Crippen LogP contribution in [0.5, 0.6) is 0 Å². The molecule has 2 amide bonds. The predicted molar refractivity (Wildman–Crippen MR) is 92.8 cm³/mol. The molecule has 2 aliphatic rings. The molecule has 0 unspecified atom stereocenters. The number of carbonyl (C=O) groups is 2. The van der Waals surface area contributed by atoms with Crippen molar-refractivity contribution in [3.05, 3.63) is 0 Å². The second-order valence-electron chi connectivity index (χ2n) is 4.53. The molecule has 0 atom stereocenters. The Balaban J connectivity index is 1.73. The van der Waals surface area contributed by atoms with Gasteiger partial charge in [-0.05, 0) is 12.8 Å². The van der Waals surface area contributed by atoms with E-state index in [9.17, 15) is 9.59 Å². The molecule has 4 nitrogen and oxygen atoms in total. The van der Waals surface area contributed by atoms with Gasteiger partial charge in [0.1, 0.15) is 0 Å². The monoisotopic (exact) mass is 348 g/mol. The van der Waals surface area contributed by atoms with Crippen LogP contribution in [0, 0.1) is 0 Å². The average molecular weight is 349 g/mol. The van der Waals surface area contributed by atoms with E-state index >= 15 is 0 Å². The molecule has 2 aliphatic heterocycles. The summed E-state index contributed by atoms with van der Waals surface area (Å²) < 4.78 is 0. The number of nitrogens with zero attached hydrogens (tertiary/aromatic N) is 2. The highest BCUT2D eigenvalue weighted by Crippen LogP contribution is 2.21. The van der Waals surface area contributed by atoms with E-state index in [1.807, 2.05) is 0 Å². The summed E-state index contributed by atoms with van der Waals surface area (Å²) >= 11 is 13.1. The summed E-state index contributed by atoms with van der Waals surface area (Å²) in [5.41, 5.74) is 0. The molecule has 0 bridgehead atoms.